The van der Waals surface area contributed by atoms with E-state index in [4.69, 9.17) is 5.73 Å². The third-order valence-electron chi connectivity index (χ3n) is 2.04. The Morgan fingerprint density at radius 2 is 1.87 bits per heavy atom. The first-order valence-corrected chi connectivity index (χ1v) is 5.19. The summed E-state index contributed by atoms with van der Waals surface area (Å²) in [7, 11) is 0. The number of primary amides is 1. The van der Waals surface area contributed by atoms with Gasteiger partial charge in [0.25, 0.3) is 5.91 Å². The van der Waals surface area contributed by atoms with E-state index >= 15 is 0 Å². The summed E-state index contributed by atoms with van der Waals surface area (Å²) < 4.78 is 12.7. The number of benzene rings is 1. The Hall–Kier alpha value is -1.68. The van der Waals surface area contributed by atoms with Crippen LogP contribution in [0.25, 0.3) is 11.1 Å². The van der Waals surface area contributed by atoms with Crippen molar-refractivity contribution in [3.05, 3.63) is 46.4 Å². The number of amides is 1. The SMILES string of the molecule is NC(=O)c1sccc1-c1ccc(F)cc1. The molecule has 0 fully saturated rings. The Morgan fingerprint density at radius 3 is 2.47 bits per heavy atom. The van der Waals surface area contributed by atoms with Gasteiger partial charge in [-0.05, 0) is 29.1 Å². The minimum absolute atomic E-state index is 0.297. The predicted octanol–water partition coefficient (Wildman–Crippen LogP) is 2.65. The fourth-order valence-electron chi connectivity index (χ4n) is 1.36. The molecular formula is C11H8FNOS. The molecule has 1 aromatic heterocycles. The highest BCUT2D eigenvalue weighted by Gasteiger charge is 2.11. The maximum atomic E-state index is 12.7. The van der Waals surface area contributed by atoms with Crippen LogP contribution in [0.5, 0.6) is 0 Å². The van der Waals surface area contributed by atoms with Gasteiger partial charge in [0.05, 0.1) is 4.88 Å². The highest BCUT2D eigenvalue weighted by atomic mass is 32.1. The fraction of sp³-hybridized carbons (Fsp3) is 0. The highest BCUT2D eigenvalue weighted by Crippen LogP contribution is 2.27. The van der Waals surface area contributed by atoms with E-state index in [0.717, 1.165) is 11.1 Å². The monoisotopic (exact) mass is 221 g/mol. The minimum Gasteiger partial charge on any atom is -0.365 e. The molecule has 0 saturated carbocycles. The van der Waals surface area contributed by atoms with Crippen LogP contribution in [-0.2, 0) is 0 Å². The van der Waals surface area contributed by atoms with Crippen molar-refractivity contribution >= 4 is 17.2 Å². The van der Waals surface area contributed by atoms with Gasteiger partial charge in [-0.1, -0.05) is 12.1 Å². The van der Waals surface area contributed by atoms with Gasteiger partial charge in [-0.15, -0.1) is 11.3 Å². The largest absolute Gasteiger partial charge is 0.365 e. The first kappa shape index (κ1) is 9.86. The molecule has 1 amide bonds. The summed E-state index contributed by atoms with van der Waals surface area (Å²) in [6.07, 6.45) is 0. The lowest BCUT2D eigenvalue weighted by Gasteiger charge is -2.00. The van der Waals surface area contributed by atoms with Gasteiger partial charge in [0.2, 0.25) is 0 Å². The van der Waals surface area contributed by atoms with E-state index < -0.39 is 5.91 Å². The first-order chi connectivity index (χ1) is 7.18. The number of hydrogen-bond acceptors (Lipinski definition) is 2. The van der Waals surface area contributed by atoms with Crippen molar-refractivity contribution in [3.8, 4) is 11.1 Å². The average molecular weight is 221 g/mol. The molecule has 76 valence electrons. The van der Waals surface area contributed by atoms with Crippen LogP contribution in [0.3, 0.4) is 0 Å². The Morgan fingerprint density at radius 1 is 1.20 bits per heavy atom. The molecule has 0 aliphatic heterocycles. The third kappa shape index (κ3) is 1.89. The van der Waals surface area contributed by atoms with Crippen molar-refractivity contribution in [1.82, 2.24) is 0 Å². The molecular weight excluding hydrogens is 213 g/mol. The van der Waals surface area contributed by atoms with Gasteiger partial charge >= 0.3 is 0 Å². The van der Waals surface area contributed by atoms with Crippen molar-refractivity contribution in [3.63, 3.8) is 0 Å². The molecule has 2 rings (SSSR count). The summed E-state index contributed by atoms with van der Waals surface area (Å²) in [6.45, 7) is 0. The maximum Gasteiger partial charge on any atom is 0.259 e. The normalized spacial score (nSPS) is 10.2. The Labute approximate surface area is 90.2 Å². The quantitative estimate of drug-likeness (QED) is 0.832. The molecule has 1 aromatic carbocycles. The van der Waals surface area contributed by atoms with E-state index in [1.54, 1.807) is 23.6 Å². The number of hydrogen-bond donors (Lipinski definition) is 1. The van der Waals surface area contributed by atoms with Crippen molar-refractivity contribution in [1.29, 1.82) is 0 Å². The molecule has 15 heavy (non-hydrogen) atoms. The van der Waals surface area contributed by atoms with Crippen LogP contribution >= 0.6 is 11.3 Å². The number of nitrogens with two attached hydrogens (primary N) is 1. The van der Waals surface area contributed by atoms with Crippen LogP contribution in [-0.4, -0.2) is 5.91 Å². The van der Waals surface area contributed by atoms with Gasteiger partial charge in [0.1, 0.15) is 5.82 Å². The summed E-state index contributed by atoms with van der Waals surface area (Å²) in [5.74, 6) is -0.751. The van der Waals surface area contributed by atoms with Crippen LogP contribution < -0.4 is 5.73 Å². The second-order valence-corrected chi connectivity index (χ2v) is 3.95. The van der Waals surface area contributed by atoms with Crippen molar-refractivity contribution in [2.45, 2.75) is 0 Å². The summed E-state index contributed by atoms with van der Waals surface area (Å²) >= 11 is 1.29. The smallest absolute Gasteiger partial charge is 0.259 e. The summed E-state index contributed by atoms with van der Waals surface area (Å²) in [6, 6.07) is 7.78. The van der Waals surface area contributed by atoms with Gasteiger partial charge in [-0.25, -0.2) is 4.39 Å². The van der Waals surface area contributed by atoms with Gasteiger partial charge in [0, 0.05) is 5.56 Å². The summed E-state index contributed by atoms with van der Waals surface area (Å²) in [5.41, 5.74) is 6.78. The molecule has 4 heteroatoms. The molecule has 0 radical (unpaired) electrons. The molecule has 0 unspecified atom stereocenters. The topological polar surface area (TPSA) is 43.1 Å². The molecule has 2 N–H and O–H groups in total. The number of carbonyl (C=O) groups is 1. The van der Waals surface area contributed by atoms with Crippen molar-refractivity contribution in [2.24, 2.45) is 5.73 Å². The molecule has 0 spiro atoms. The van der Waals surface area contributed by atoms with E-state index in [1.807, 2.05) is 0 Å². The van der Waals surface area contributed by atoms with E-state index in [9.17, 15) is 9.18 Å². The molecule has 2 aromatic rings. The second kappa shape index (κ2) is 3.82. The van der Waals surface area contributed by atoms with E-state index in [1.165, 1.54) is 23.5 Å². The first-order valence-electron chi connectivity index (χ1n) is 4.31. The standard InChI is InChI=1S/C11H8FNOS/c12-8-3-1-7(2-4-8)9-5-6-15-10(9)11(13)14/h1-6H,(H2,13,14). The molecule has 1 heterocycles. The summed E-state index contributed by atoms with van der Waals surface area (Å²) in [5, 5.41) is 1.79. The lowest BCUT2D eigenvalue weighted by molar-refractivity contribution is 0.100. The van der Waals surface area contributed by atoms with Crippen LogP contribution in [0.4, 0.5) is 4.39 Å². The van der Waals surface area contributed by atoms with E-state index in [2.05, 4.69) is 0 Å². The van der Waals surface area contributed by atoms with Crippen molar-refractivity contribution in [2.75, 3.05) is 0 Å². The van der Waals surface area contributed by atoms with E-state index in [0.29, 0.717) is 4.88 Å². The van der Waals surface area contributed by atoms with Crippen LogP contribution in [0.15, 0.2) is 35.7 Å². The molecule has 0 aliphatic carbocycles. The number of carbonyl (C=O) groups excluding carboxylic acids is 1. The van der Waals surface area contributed by atoms with Crippen LogP contribution in [0.1, 0.15) is 9.67 Å². The van der Waals surface area contributed by atoms with Gasteiger partial charge in [-0.3, -0.25) is 4.79 Å². The molecule has 0 saturated heterocycles. The fourth-order valence-corrected chi connectivity index (χ4v) is 2.13. The second-order valence-electron chi connectivity index (χ2n) is 3.03. The summed E-state index contributed by atoms with van der Waals surface area (Å²) in [4.78, 5) is 11.6. The predicted molar refractivity (Wildman–Crippen MR) is 58.2 cm³/mol. The molecule has 0 bridgehead atoms. The highest BCUT2D eigenvalue weighted by molar-refractivity contribution is 7.12. The third-order valence-corrected chi connectivity index (χ3v) is 2.97. The van der Waals surface area contributed by atoms with Gasteiger partial charge < -0.3 is 5.73 Å². The van der Waals surface area contributed by atoms with Crippen molar-refractivity contribution < 1.29 is 9.18 Å². The average Bonchev–Trinajstić information content (AvgIpc) is 2.67. The molecule has 0 atom stereocenters. The Bertz CT molecular complexity index is 490. The van der Waals surface area contributed by atoms with Gasteiger partial charge in [-0.2, -0.15) is 0 Å². The Balaban J connectivity index is 2.49. The lowest BCUT2D eigenvalue weighted by Crippen LogP contribution is -2.09. The number of thiophene rings is 1. The van der Waals surface area contributed by atoms with E-state index in [-0.39, 0.29) is 5.82 Å². The van der Waals surface area contributed by atoms with Crippen LogP contribution in [0, 0.1) is 5.82 Å². The Kier molecular flexibility index (Phi) is 2.51. The van der Waals surface area contributed by atoms with Crippen LogP contribution in [0.2, 0.25) is 0 Å². The molecule has 0 aliphatic rings. The van der Waals surface area contributed by atoms with Gasteiger partial charge in [0.15, 0.2) is 0 Å². The number of rotatable bonds is 2. The zero-order valence-electron chi connectivity index (χ0n) is 7.74. The zero-order chi connectivity index (χ0) is 10.8. The maximum absolute atomic E-state index is 12.7. The minimum atomic E-state index is -0.454. The number of halogens is 1. The molecule has 2 nitrogen and oxygen atoms in total. The lowest BCUT2D eigenvalue weighted by atomic mass is 10.1. The zero-order valence-corrected chi connectivity index (χ0v) is 8.55.